The number of carbonyl (C=O) groups is 2. The zero-order valence-electron chi connectivity index (χ0n) is 18.1. The van der Waals surface area contributed by atoms with Gasteiger partial charge in [0.1, 0.15) is 6.10 Å². The van der Waals surface area contributed by atoms with Gasteiger partial charge in [0.05, 0.1) is 0 Å². The molecule has 0 bridgehead atoms. The first-order chi connectivity index (χ1) is 16.2. The maximum atomic E-state index is 14.4. The van der Waals surface area contributed by atoms with Crippen LogP contribution in [0.1, 0.15) is 35.7 Å². The summed E-state index contributed by atoms with van der Waals surface area (Å²) in [5.41, 5.74) is 1.54. The number of benzene rings is 2. The van der Waals surface area contributed by atoms with E-state index in [-0.39, 0.29) is 11.3 Å². The predicted molar refractivity (Wildman–Crippen MR) is 108 cm³/mol. The van der Waals surface area contributed by atoms with E-state index >= 15 is 0 Å². The number of anilines is 1. The molecule has 190 valence electrons. The number of nitrogens with one attached hydrogen (secondary N) is 1. The van der Waals surface area contributed by atoms with Crippen molar-refractivity contribution in [2.45, 2.75) is 44.3 Å². The van der Waals surface area contributed by atoms with Crippen molar-refractivity contribution >= 4 is 17.5 Å². The molecular weight excluding hydrogens is 489 g/mol. The monoisotopic (exact) mass is 508 g/mol. The third kappa shape index (κ3) is 4.90. The predicted octanol–water partition coefficient (Wildman–Crippen LogP) is 4.74. The minimum atomic E-state index is -5.03. The molecule has 1 saturated heterocycles. The Morgan fingerprint density at radius 1 is 1.17 bits per heavy atom. The number of alkyl halides is 5. The number of rotatable bonds is 6. The van der Waals surface area contributed by atoms with Crippen molar-refractivity contribution in [2.24, 2.45) is 11.7 Å². The number of nitrogens with two attached hydrogens (primary N) is 1. The Hall–Kier alpha value is -3.35. The average Bonchev–Trinajstić information content (AvgIpc) is 3.04. The van der Waals surface area contributed by atoms with Gasteiger partial charge in [-0.15, -0.1) is 0 Å². The lowest BCUT2D eigenvalue weighted by molar-refractivity contribution is -0.272. The highest BCUT2D eigenvalue weighted by Crippen LogP contribution is 2.55. The topological polar surface area (TPSA) is 90.6 Å². The molecule has 6 nitrogen and oxygen atoms in total. The normalized spacial score (nSPS) is 24.5. The third-order valence-corrected chi connectivity index (χ3v) is 5.99. The lowest BCUT2D eigenvalue weighted by Gasteiger charge is -2.32. The number of carbonyl (C=O) groups excluding carboxylic acids is 2. The summed E-state index contributed by atoms with van der Waals surface area (Å²) >= 11 is 0. The van der Waals surface area contributed by atoms with E-state index in [9.17, 15) is 40.3 Å². The lowest BCUT2D eigenvalue weighted by Crippen LogP contribution is -2.47. The second kappa shape index (κ2) is 9.36. The van der Waals surface area contributed by atoms with Gasteiger partial charge >= 0.3 is 12.8 Å². The molecule has 0 aromatic heterocycles. The quantitative estimate of drug-likeness (QED) is 0.552. The van der Waals surface area contributed by atoms with E-state index in [1.807, 2.05) is 0 Å². The van der Waals surface area contributed by atoms with Crippen molar-refractivity contribution in [3.05, 3.63) is 59.2 Å². The van der Waals surface area contributed by atoms with Crippen LogP contribution in [0.4, 0.5) is 36.4 Å². The van der Waals surface area contributed by atoms with Crippen LogP contribution in [0.5, 0.6) is 5.75 Å². The molecule has 1 aliphatic rings. The van der Waals surface area contributed by atoms with Crippen LogP contribution in [-0.2, 0) is 9.53 Å². The molecule has 0 unspecified atom stereocenters. The SMILES string of the molecule is C[C@@H]1[C@@H](c2ccc(F)c(F)c2OC(F)F)[C@@H](C(=O)Nc2cccc(C(N)=O)c2)O[C@@]1(C)C(F)(F)F. The van der Waals surface area contributed by atoms with Crippen LogP contribution in [0, 0.1) is 17.6 Å². The van der Waals surface area contributed by atoms with Crippen LogP contribution >= 0.6 is 0 Å². The lowest BCUT2D eigenvalue weighted by atomic mass is 9.77. The zero-order chi connectivity index (χ0) is 26.3. The van der Waals surface area contributed by atoms with E-state index in [0.29, 0.717) is 13.0 Å². The maximum Gasteiger partial charge on any atom is 0.417 e. The van der Waals surface area contributed by atoms with E-state index in [1.54, 1.807) is 0 Å². The van der Waals surface area contributed by atoms with E-state index in [2.05, 4.69) is 10.1 Å². The van der Waals surface area contributed by atoms with Gasteiger partial charge in [0.15, 0.2) is 17.2 Å². The molecular formula is C22H19F7N2O4. The first-order valence-electron chi connectivity index (χ1n) is 10.1. The van der Waals surface area contributed by atoms with E-state index in [1.165, 1.54) is 18.2 Å². The summed E-state index contributed by atoms with van der Waals surface area (Å²) in [6.45, 7) is -1.95. The smallest absolute Gasteiger partial charge is 0.417 e. The number of hydrogen-bond acceptors (Lipinski definition) is 4. The fourth-order valence-corrected chi connectivity index (χ4v) is 4.01. The first-order valence-corrected chi connectivity index (χ1v) is 10.1. The molecule has 0 spiro atoms. The maximum absolute atomic E-state index is 14.4. The molecule has 2 aromatic rings. The molecule has 35 heavy (non-hydrogen) atoms. The summed E-state index contributed by atoms with van der Waals surface area (Å²) in [5, 5.41) is 2.28. The number of halogens is 7. The summed E-state index contributed by atoms with van der Waals surface area (Å²) in [7, 11) is 0. The van der Waals surface area contributed by atoms with E-state index in [4.69, 9.17) is 10.5 Å². The first kappa shape index (κ1) is 26.3. The fraction of sp³-hybridized carbons (Fsp3) is 0.364. The van der Waals surface area contributed by atoms with Crippen molar-refractivity contribution in [1.82, 2.24) is 0 Å². The molecule has 0 aliphatic carbocycles. The van der Waals surface area contributed by atoms with Gasteiger partial charge in [-0.1, -0.05) is 19.1 Å². The molecule has 1 heterocycles. The molecule has 1 fully saturated rings. The van der Waals surface area contributed by atoms with Gasteiger partial charge in [-0.05, 0) is 31.2 Å². The second-order valence-electron chi connectivity index (χ2n) is 8.05. The highest BCUT2D eigenvalue weighted by molar-refractivity contribution is 5.98. The van der Waals surface area contributed by atoms with Crippen molar-refractivity contribution in [3.8, 4) is 5.75 Å². The molecule has 2 aromatic carbocycles. The number of hydrogen-bond donors (Lipinski definition) is 2. The number of amides is 2. The Bertz CT molecular complexity index is 1140. The number of ether oxygens (including phenoxy) is 2. The van der Waals surface area contributed by atoms with Gasteiger partial charge < -0.3 is 20.5 Å². The summed E-state index contributed by atoms with van der Waals surface area (Å²) < 4.78 is 105. The fourth-order valence-electron chi connectivity index (χ4n) is 4.01. The molecule has 4 atom stereocenters. The molecule has 2 amide bonds. The summed E-state index contributed by atoms with van der Waals surface area (Å²) in [5.74, 6) is -10.1. The van der Waals surface area contributed by atoms with Gasteiger partial charge in [0.2, 0.25) is 11.7 Å². The molecule has 0 saturated carbocycles. The Balaban J connectivity index is 2.10. The van der Waals surface area contributed by atoms with Gasteiger partial charge in [-0.2, -0.15) is 26.3 Å². The summed E-state index contributed by atoms with van der Waals surface area (Å²) in [4.78, 5) is 24.4. The standard InChI is InChI=1S/C22H19F7N2O4/c1-9-14(12-6-7-13(23)15(24)16(12)34-20(25)26)17(35-21(9,2)22(27,28)29)19(33)31-11-5-3-4-10(8-11)18(30)32/h3-9,14,17,20H,1-2H3,(H2,30,32)(H,31,33)/t9-,14+,17+,21-/m1/s1. The molecule has 1 aliphatic heterocycles. The van der Waals surface area contributed by atoms with Gasteiger partial charge in [0, 0.05) is 28.7 Å². The Kier molecular flexibility index (Phi) is 7.02. The van der Waals surface area contributed by atoms with Crippen LogP contribution < -0.4 is 15.8 Å². The molecule has 3 rings (SSSR count). The van der Waals surface area contributed by atoms with Gasteiger partial charge in [-0.3, -0.25) is 9.59 Å². The second-order valence-corrected chi connectivity index (χ2v) is 8.05. The van der Waals surface area contributed by atoms with Gasteiger partial charge in [-0.25, -0.2) is 4.39 Å². The van der Waals surface area contributed by atoms with Crippen molar-refractivity contribution in [2.75, 3.05) is 5.32 Å². The highest BCUT2D eigenvalue weighted by atomic mass is 19.4. The third-order valence-electron chi connectivity index (χ3n) is 5.99. The van der Waals surface area contributed by atoms with Crippen LogP contribution in [-0.4, -0.2) is 36.3 Å². The highest BCUT2D eigenvalue weighted by Gasteiger charge is 2.66. The minimum absolute atomic E-state index is 0.0200. The van der Waals surface area contributed by atoms with Gasteiger partial charge in [0.25, 0.3) is 5.91 Å². The zero-order valence-corrected chi connectivity index (χ0v) is 18.1. The van der Waals surface area contributed by atoms with Crippen molar-refractivity contribution in [3.63, 3.8) is 0 Å². The van der Waals surface area contributed by atoms with E-state index in [0.717, 1.165) is 19.1 Å². The van der Waals surface area contributed by atoms with Crippen molar-refractivity contribution < 1.29 is 49.8 Å². The Labute approximate surface area is 194 Å². The number of primary amides is 1. The van der Waals surface area contributed by atoms with Crippen LogP contribution in [0.2, 0.25) is 0 Å². The van der Waals surface area contributed by atoms with Crippen molar-refractivity contribution in [1.29, 1.82) is 0 Å². The Morgan fingerprint density at radius 3 is 2.40 bits per heavy atom. The van der Waals surface area contributed by atoms with Crippen LogP contribution in [0.15, 0.2) is 36.4 Å². The molecule has 13 heteroatoms. The Morgan fingerprint density at radius 2 is 1.83 bits per heavy atom. The average molecular weight is 508 g/mol. The molecule has 0 radical (unpaired) electrons. The summed E-state index contributed by atoms with van der Waals surface area (Å²) in [6, 6.07) is 6.41. The van der Waals surface area contributed by atoms with E-state index < -0.39 is 71.1 Å². The van der Waals surface area contributed by atoms with Crippen LogP contribution in [0.25, 0.3) is 0 Å². The summed E-state index contributed by atoms with van der Waals surface area (Å²) in [6.07, 6.45) is -7.04. The molecule has 3 N–H and O–H groups in total. The minimum Gasteiger partial charge on any atom is -0.431 e. The largest absolute Gasteiger partial charge is 0.431 e. The van der Waals surface area contributed by atoms with Crippen LogP contribution in [0.3, 0.4) is 0 Å².